The monoisotopic (exact) mass is 288 g/mol. The first-order chi connectivity index (χ1) is 9.54. The summed E-state index contributed by atoms with van der Waals surface area (Å²) < 4.78 is 0. The van der Waals surface area contributed by atoms with E-state index in [1.54, 1.807) is 11.3 Å². The van der Waals surface area contributed by atoms with Gasteiger partial charge in [-0.1, -0.05) is 30.3 Å². The second-order valence-electron chi connectivity index (χ2n) is 5.18. The van der Waals surface area contributed by atoms with Gasteiger partial charge in [0.1, 0.15) is 0 Å². The number of hydrogen-bond acceptors (Lipinski definition) is 3. The molecule has 0 bridgehead atoms. The van der Waals surface area contributed by atoms with Gasteiger partial charge >= 0.3 is 0 Å². The van der Waals surface area contributed by atoms with Crippen LogP contribution in [0.5, 0.6) is 0 Å². The largest absolute Gasteiger partial charge is 0.354 e. The van der Waals surface area contributed by atoms with Gasteiger partial charge in [-0.3, -0.25) is 4.79 Å². The molecule has 0 aliphatic carbocycles. The van der Waals surface area contributed by atoms with Crippen LogP contribution in [-0.2, 0) is 17.6 Å². The summed E-state index contributed by atoms with van der Waals surface area (Å²) in [5.41, 5.74) is 2.22. The Morgan fingerprint density at radius 3 is 2.65 bits per heavy atom. The van der Waals surface area contributed by atoms with E-state index in [1.807, 2.05) is 39.0 Å². The number of thiazole rings is 1. The lowest BCUT2D eigenvalue weighted by atomic mass is 10.2. The maximum Gasteiger partial charge on any atom is 0.225 e. The molecule has 106 valence electrons. The lowest BCUT2D eigenvalue weighted by Gasteiger charge is -2.06. The standard InChI is InChI=1S/C16H20N2OS/c1-11(2)17-15(19)10-14-12(3)18-16(20-14)9-13-7-5-4-6-8-13/h4-8,11H,9-10H2,1-3H3,(H,17,19). The molecule has 0 aliphatic heterocycles. The molecule has 4 heteroatoms. The van der Waals surface area contributed by atoms with Crippen LogP contribution in [0.1, 0.15) is 35.0 Å². The topological polar surface area (TPSA) is 42.0 Å². The average Bonchev–Trinajstić information content (AvgIpc) is 2.69. The Morgan fingerprint density at radius 1 is 1.30 bits per heavy atom. The molecular formula is C16H20N2OS. The van der Waals surface area contributed by atoms with E-state index >= 15 is 0 Å². The first kappa shape index (κ1) is 14.7. The molecule has 0 aliphatic rings. The third-order valence-corrected chi connectivity index (χ3v) is 4.06. The summed E-state index contributed by atoms with van der Waals surface area (Å²) in [5, 5.41) is 3.99. The fourth-order valence-corrected chi connectivity index (χ4v) is 3.12. The van der Waals surface area contributed by atoms with Crippen LogP contribution >= 0.6 is 11.3 Å². The fourth-order valence-electron chi connectivity index (χ4n) is 2.02. The van der Waals surface area contributed by atoms with Gasteiger partial charge in [0.25, 0.3) is 0 Å². The van der Waals surface area contributed by atoms with Crippen LogP contribution in [-0.4, -0.2) is 16.9 Å². The molecule has 0 atom stereocenters. The lowest BCUT2D eigenvalue weighted by molar-refractivity contribution is -0.120. The number of nitrogens with zero attached hydrogens (tertiary/aromatic N) is 1. The average molecular weight is 288 g/mol. The molecule has 1 amide bonds. The SMILES string of the molecule is Cc1nc(Cc2ccccc2)sc1CC(=O)NC(C)C. The van der Waals surface area contributed by atoms with Crippen molar-refractivity contribution in [2.75, 3.05) is 0 Å². The van der Waals surface area contributed by atoms with E-state index in [0.29, 0.717) is 6.42 Å². The summed E-state index contributed by atoms with van der Waals surface area (Å²) in [5.74, 6) is 0.0676. The zero-order valence-electron chi connectivity index (χ0n) is 12.1. The van der Waals surface area contributed by atoms with E-state index in [0.717, 1.165) is 22.0 Å². The molecule has 0 saturated heterocycles. The highest BCUT2D eigenvalue weighted by Gasteiger charge is 2.12. The minimum Gasteiger partial charge on any atom is -0.354 e. The highest BCUT2D eigenvalue weighted by atomic mass is 32.1. The van der Waals surface area contributed by atoms with Crippen molar-refractivity contribution in [3.05, 3.63) is 51.5 Å². The highest BCUT2D eigenvalue weighted by Crippen LogP contribution is 2.21. The van der Waals surface area contributed by atoms with Crippen LogP contribution in [0.25, 0.3) is 0 Å². The van der Waals surface area contributed by atoms with Crippen molar-refractivity contribution in [1.82, 2.24) is 10.3 Å². The Hall–Kier alpha value is -1.68. The van der Waals surface area contributed by atoms with Crippen molar-refractivity contribution in [1.29, 1.82) is 0 Å². The first-order valence-electron chi connectivity index (χ1n) is 6.83. The fraction of sp³-hybridized carbons (Fsp3) is 0.375. The predicted octanol–water partition coefficient (Wildman–Crippen LogP) is 3.11. The summed E-state index contributed by atoms with van der Waals surface area (Å²) in [7, 11) is 0. The molecule has 1 aromatic carbocycles. The molecule has 0 spiro atoms. The minimum atomic E-state index is 0.0676. The van der Waals surface area contributed by atoms with E-state index in [9.17, 15) is 4.79 Å². The van der Waals surface area contributed by atoms with Crippen LogP contribution in [0, 0.1) is 6.92 Å². The van der Waals surface area contributed by atoms with Crippen molar-refractivity contribution >= 4 is 17.2 Å². The molecule has 1 aromatic heterocycles. The number of hydrogen-bond donors (Lipinski definition) is 1. The van der Waals surface area contributed by atoms with Crippen LogP contribution < -0.4 is 5.32 Å². The third kappa shape index (κ3) is 4.17. The number of carbonyl (C=O) groups is 1. The molecule has 1 N–H and O–H groups in total. The van der Waals surface area contributed by atoms with Crippen molar-refractivity contribution in [2.24, 2.45) is 0 Å². The van der Waals surface area contributed by atoms with Crippen molar-refractivity contribution < 1.29 is 4.79 Å². The van der Waals surface area contributed by atoms with Gasteiger partial charge in [0, 0.05) is 17.3 Å². The zero-order chi connectivity index (χ0) is 14.5. The molecule has 2 rings (SSSR count). The zero-order valence-corrected chi connectivity index (χ0v) is 13.0. The number of benzene rings is 1. The van der Waals surface area contributed by atoms with Crippen molar-refractivity contribution in [3.63, 3.8) is 0 Å². The number of amides is 1. The molecular weight excluding hydrogens is 268 g/mol. The molecule has 0 unspecified atom stereocenters. The van der Waals surface area contributed by atoms with E-state index in [-0.39, 0.29) is 11.9 Å². The Labute approximate surface area is 124 Å². The molecule has 0 saturated carbocycles. The Balaban J connectivity index is 2.04. The van der Waals surface area contributed by atoms with Gasteiger partial charge in [0.05, 0.1) is 17.1 Å². The Morgan fingerprint density at radius 2 is 2.00 bits per heavy atom. The van der Waals surface area contributed by atoms with E-state index in [2.05, 4.69) is 22.4 Å². The van der Waals surface area contributed by atoms with Gasteiger partial charge < -0.3 is 5.32 Å². The van der Waals surface area contributed by atoms with Gasteiger partial charge in [-0.05, 0) is 26.3 Å². The number of rotatable bonds is 5. The highest BCUT2D eigenvalue weighted by molar-refractivity contribution is 7.11. The second-order valence-corrected chi connectivity index (χ2v) is 6.35. The third-order valence-electron chi connectivity index (χ3n) is 2.91. The second kappa shape index (κ2) is 6.66. The number of nitrogens with one attached hydrogen (secondary N) is 1. The van der Waals surface area contributed by atoms with Gasteiger partial charge in [-0.25, -0.2) is 4.98 Å². The van der Waals surface area contributed by atoms with E-state index in [4.69, 9.17) is 0 Å². The quantitative estimate of drug-likeness (QED) is 0.918. The van der Waals surface area contributed by atoms with Crippen LogP contribution in [0.3, 0.4) is 0 Å². The van der Waals surface area contributed by atoms with Crippen LogP contribution in [0.2, 0.25) is 0 Å². The molecule has 2 aromatic rings. The molecule has 3 nitrogen and oxygen atoms in total. The van der Waals surface area contributed by atoms with Crippen LogP contribution in [0.4, 0.5) is 0 Å². The molecule has 0 fully saturated rings. The van der Waals surface area contributed by atoms with E-state index < -0.39 is 0 Å². The lowest BCUT2D eigenvalue weighted by Crippen LogP contribution is -2.31. The Kier molecular flexibility index (Phi) is 4.90. The minimum absolute atomic E-state index is 0.0676. The maximum atomic E-state index is 11.8. The number of aromatic nitrogens is 1. The molecule has 0 radical (unpaired) electrons. The van der Waals surface area contributed by atoms with Gasteiger partial charge in [-0.2, -0.15) is 0 Å². The van der Waals surface area contributed by atoms with E-state index in [1.165, 1.54) is 5.56 Å². The number of carbonyl (C=O) groups excluding carboxylic acids is 1. The summed E-state index contributed by atoms with van der Waals surface area (Å²) in [6, 6.07) is 10.5. The molecule has 1 heterocycles. The predicted molar refractivity (Wildman–Crippen MR) is 83.1 cm³/mol. The summed E-state index contributed by atoms with van der Waals surface area (Å²) in [6.07, 6.45) is 1.26. The summed E-state index contributed by atoms with van der Waals surface area (Å²) >= 11 is 1.64. The van der Waals surface area contributed by atoms with Crippen LogP contribution in [0.15, 0.2) is 30.3 Å². The normalized spacial score (nSPS) is 10.8. The first-order valence-corrected chi connectivity index (χ1v) is 7.64. The van der Waals surface area contributed by atoms with Gasteiger partial charge in [0.15, 0.2) is 0 Å². The molecule has 20 heavy (non-hydrogen) atoms. The van der Waals surface area contributed by atoms with Gasteiger partial charge in [0.2, 0.25) is 5.91 Å². The number of aryl methyl sites for hydroxylation is 1. The van der Waals surface area contributed by atoms with Crippen molar-refractivity contribution in [3.8, 4) is 0 Å². The smallest absolute Gasteiger partial charge is 0.225 e. The van der Waals surface area contributed by atoms with Crippen molar-refractivity contribution in [2.45, 2.75) is 39.7 Å². The maximum absolute atomic E-state index is 11.8. The summed E-state index contributed by atoms with van der Waals surface area (Å²) in [4.78, 5) is 17.5. The van der Waals surface area contributed by atoms with Gasteiger partial charge in [-0.15, -0.1) is 11.3 Å². The summed E-state index contributed by atoms with van der Waals surface area (Å²) in [6.45, 7) is 5.92. The Bertz CT molecular complexity index is 575.